The van der Waals surface area contributed by atoms with Crippen molar-refractivity contribution in [2.75, 3.05) is 12.4 Å². The van der Waals surface area contributed by atoms with E-state index in [1.165, 1.54) is 7.11 Å². The molecule has 0 aliphatic heterocycles. The Morgan fingerprint density at radius 3 is 2.07 bits per heavy atom. The van der Waals surface area contributed by atoms with Crippen LogP contribution in [0.25, 0.3) is 11.1 Å². The first-order chi connectivity index (χ1) is 21.4. The third-order valence-electron chi connectivity index (χ3n) is 7.08. The van der Waals surface area contributed by atoms with Crippen LogP contribution in [0.5, 0.6) is 5.75 Å². The first-order valence-corrected chi connectivity index (χ1v) is 14.1. The summed E-state index contributed by atoms with van der Waals surface area (Å²) < 4.78 is 10.7. The van der Waals surface area contributed by atoms with Crippen molar-refractivity contribution < 1.29 is 23.9 Å². The molecule has 7 heteroatoms. The average molecular weight is 585 g/mol. The molecule has 5 aromatic carbocycles. The van der Waals surface area contributed by atoms with Gasteiger partial charge in [0.1, 0.15) is 12.4 Å². The molecule has 0 spiro atoms. The van der Waals surface area contributed by atoms with Crippen LogP contribution in [-0.4, -0.2) is 24.9 Å². The highest BCUT2D eigenvalue weighted by atomic mass is 16.5. The maximum Gasteiger partial charge on any atom is 0.337 e. The molecule has 7 nitrogen and oxygen atoms in total. The van der Waals surface area contributed by atoms with E-state index in [1.54, 1.807) is 48.5 Å². The fraction of sp³-hybridized carbons (Fsp3) is 0.108. The fourth-order valence-corrected chi connectivity index (χ4v) is 4.67. The third kappa shape index (κ3) is 7.38. The zero-order valence-electron chi connectivity index (χ0n) is 24.5. The Kier molecular flexibility index (Phi) is 9.47. The largest absolute Gasteiger partial charge is 0.487 e. The zero-order valence-corrected chi connectivity index (χ0v) is 24.5. The Balaban J connectivity index is 1.19. The first kappa shape index (κ1) is 29.8. The molecule has 220 valence electrons. The molecule has 0 radical (unpaired) electrons. The Labute approximate surface area is 256 Å². The lowest BCUT2D eigenvalue weighted by Gasteiger charge is -2.13. The molecule has 0 saturated carbocycles. The van der Waals surface area contributed by atoms with Crippen molar-refractivity contribution in [2.45, 2.75) is 20.1 Å². The van der Waals surface area contributed by atoms with Crippen molar-refractivity contribution in [1.29, 1.82) is 0 Å². The first-order valence-electron chi connectivity index (χ1n) is 14.1. The SMILES string of the molecule is COC(=O)c1ccc(COc2ccccc2NC(=O)c2ccc(CNC(=O)c3cc(C)ccc3-c3ccccc3)cc2)cc1. The van der Waals surface area contributed by atoms with Crippen molar-refractivity contribution in [3.05, 3.63) is 155 Å². The zero-order chi connectivity index (χ0) is 30.9. The summed E-state index contributed by atoms with van der Waals surface area (Å²) in [6.07, 6.45) is 0. The molecule has 0 unspecified atom stereocenters. The second-order valence-corrected chi connectivity index (χ2v) is 10.2. The minimum Gasteiger partial charge on any atom is -0.487 e. The number of para-hydroxylation sites is 2. The monoisotopic (exact) mass is 584 g/mol. The van der Waals surface area contributed by atoms with Gasteiger partial charge in [0.2, 0.25) is 0 Å². The quantitative estimate of drug-likeness (QED) is 0.169. The van der Waals surface area contributed by atoms with Gasteiger partial charge in [0, 0.05) is 17.7 Å². The lowest BCUT2D eigenvalue weighted by atomic mass is 9.97. The number of carbonyl (C=O) groups excluding carboxylic acids is 3. The predicted octanol–water partition coefficient (Wildman–Crippen LogP) is 7.21. The van der Waals surface area contributed by atoms with Crippen LogP contribution < -0.4 is 15.4 Å². The topological polar surface area (TPSA) is 93.7 Å². The van der Waals surface area contributed by atoms with E-state index in [0.29, 0.717) is 34.7 Å². The summed E-state index contributed by atoms with van der Waals surface area (Å²) in [5.41, 5.74) is 6.67. The molecule has 0 fully saturated rings. The minimum atomic E-state index is -0.400. The van der Waals surface area contributed by atoms with Crippen molar-refractivity contribution in [3.8, 4) is 16.9 Å². The van der Waals surface area contributed by atoms with Crippen molar-refractivity contribution >= 4 is 23.5 Å². The van der Waals surface area contributed by atoms with E-state index in [2.05, 4.69) is 10.6 Å². The van der Waals surface area contributed by atoms with Gasteiger partial charge >= 0.3 is 5.97 Å². The molecular formula is C37H32N2O5. The van der Waals surface area contributed by atoms with Gasteiger partial charge in [-0.1, -0.05) is 84.4 Å². The normalized spacial score (nSPS) is 10.5. The van der Waals surface area contributed by atoms with E-state index >= 15 is 0 Å². The van der Waals surface area contributed by atoms with Gasteiger partial charge in [-0.25, -0.2) is 4.79 Å². The van der Waals surface area contributed by atoms with Gasteiger partial charge in [-0.05, 0) is 71.6 Å². The highest BCUT2D eigenvalue weighted by Gasteiger charge is 2.14. The minimum absolute atomic E-state index is 0.162. The molecule has 44 heavy (non-hydrogen) atoms. The van der Waals surface area contributed by atoms with Crippen molar-refractivity contribution in [1.82, 2.24) is 5.32 Å². The predicted molar refractivity (Wildman–Crippen MR) is 171 cm³/mol. The molecule has 0 heterocycles. The van der Waals surface area contributed by atoms with Crippen LogP contribution in [0, 0.1) is 6.92 Å². The molecule has 0 aromatic heterocycles. The summed E-state index contributed by atoms with van der Waals surface area (Å²) in [5, 5.41) is 5.93. The molecule has 0 bridgehead atoms. The number of hydrogen-bond acceptors (Lipinski definition) is 5. The van der Waals surface area contributed by atoms with Gasteiger partial charge in [0.05, 0.1) is 18.4 Å². The number of hydrogen-bond donors (Lipinski definition) is 2. The number of aryl methyl sites for hydroxylation is 1. The Hall–Kier alpha value is -5.69. The number of nitrogens with one attached hydrogen (secondary N) is 2. The molecule has 5 rings (SSSR count). The average Bonchev–Trinajstić information content (AvgIpc) is 3.07. The highest BCUT2D eigenvalue weighted by Crippen LogP contribution is 2.26. The maximum absolute atomic E-state index is 13.2. The van der Waals surface area contributed by atoms with E-state index in [-0.39, 0.29) is 18.4 Å². The van der Waals surface area contributed by atoms with Crippen LogP contribution in [-0.2, 0) is 17.9 Å². The molecule has 0 saturated heterocycles. The van der Waals surface area contributed by atoms with Gasteiger partial charge < -0.3 is 20.1 Å². The van der Waals surface area contributed by atoms with E-state index in [4.69, 9.17) is 9.47 Å². The lowest BCUT2D eigenvalue weighted by molar-refractivity contribution is 0.0600. The number of rotatable bonds is 10. The number of amides is 2. The van der Waals surface area contributed by atoms with E-state index < -0.39 is 5.97 Å². The van der Waals surface area contributed by atoms with Crippen LogP contribution >= 0.6 is 0 Å². The Morgan fingerprint density at radius 1 is 0.682 bits per heavy atom. The molecule has 0 aliphatic carbocycles. The van der Waals surface area contributed by atoms with Crippen LogP contribution in [0.4, 0.5) is 5.69 Å². The summed E-state index contributed by atoms with van der Waals surface area (Å²) >= 11 is 0. The molecule has 2 N–H and O–H groups in total. The molecule has 5 aromatic rings. The Bertz CT molecular complexity index is 1760. The standard InChI is InChI=1S/C37H32N2O5/c1-25-12-21-31(28-8-4-3-5-9-28)32(22-25)36(41)38-23-26-13-17-29(18-14-26)35(40)39-33-10-6-7-11-34(33)44-24-27-15-19-30(20-16-27)37(42)43-2/h3-22H,23-24H2,1-2H3,(H,38,41)(H,39,40). The van der Waals surface area contributed by atoms with Crippen molar-refractivity contribution in [3.63, 3.8) is 0 Å². The second kappa shape index (κ2) is 14.0. The maximum atomic E-state index is 13.2. The second-order valence-electron chi connectivity index (χ2n) is 10.2. The summed E-state index contributed by atoms with van der Waals surface area (Å²) in [7, 11) is 1.34. The van der Waals surface area contributed by atoms with Crippen LogP contribution in [0.1, 0.15) is 47.8 Å². The van der Waals surface area contributed by atoms with Crippen LogP contribution in [0.3, 0.4) is 0 Å². The lowest BCUT2D eigenvalue weighted by Crippen LogP contribution is -2.23. The van der Waals surface area contributed by atoms with Gasteiger partial charge in [-0.15, -0.1) is 0 Å². The number of carbonyl (C=O) groups is 3. The van der Waals surface area contributed by atoms with Crippen LogP contribution in [0.15, 0.2) is 121 Å². The van der Waals surface area contributed by atoms with Gasteiger partial charge in [-0.2, -0.15) is 0 Å². The van der Waals surface area contributed by atoms with E-state index in [0.717, 1.165) is 27.8 Å². The van der Waals surface area contributed by atoms with Gasteiger partial charge in [-0.3, -0.25) is 9.59 Å². The third-order valence-corrected chi connectivity index (χ3v) is 7.08. The molecule has 0 atom stereocenters. The number of methoxy groups -OCH3 is 1. The summed E-state index contributed by atoms with van der Waals surface area (Å²) in [6, 6.07) is 36.9. The van der Waals surface area contributed by atoms with E-state index in [9.17, 15) is 14.4 Å². The summed E-state index contributed by atoms with van der Waals surface area (Å²) in [5.74, 6) is -0.331. The summed E-state index contributed by atoms with van der Waals surface area (Å²) in [4.78, 5) is 37.9. The number of anilines is 1. The number of esters is 1. The summed E-state index contributed by atoms with van der Waals surface area (Å²) in [6.45, 7) is 2.54. The number of ether oxygens (including phenoxy) is 2. The molecular weight excluding hydrogens is 552 g/mol. The molecule has 0 aliphatic rings. The van der Waals surface area contributed by atoms with E-state index in [1.807, 2.05) is 79.7 Å². The van der Waals surface area contributed by atoms with Gasteiger partial charge in [0.15, 0.2) is 0 Å². The number of benzene rings is 5. The fourth-order valence-electron chi connectivity index (χ4n) is 4.67. The smallest absolute Gasteiger partial charge is 0.337 e. The van der Waals surface area contributed by atoms with Crippen molar-refractivity contribution in [2.24, 2.45) is 0 Å². The molecule has 2 amide bonds. The highest BCUT2D eigenvalue weighted by molar-refractivity contribution is 6.05. The van der Waals surface area contributed by atoms with Gasteiger partial charge in [0.25, 0.3) is 11.8 Å². The van der Waals surface area contributed by atoms with Crippen LogP contribution in [0.2, 0.25) is 0 Å². The Morgan fingerprint density at radius 2 is 1.34 bits per heavy atom.